The van der Waals surface area contributed by atoms with Gasteiger partial charge < -0.3 is 10.1 Å². The predicted molar refractivity (Wildman–Crippen MR) is 86.1 cm³/mol. The third-order valence-electron chi connectivity index (χ3n) is 2.89. The van der Waals surface area contributed by atoms with Gasteiger partial charge in [-0.2, -0.15) is 4.98 Å². The molecule has 0 aliphatic rings. The van der Waals surface area contributed by atoms with E-state index in [-0.39, 0.29) is 0 Å². The summed E-state index contributed by atoms with van der Waals surface area (Å²) in [7, 11) is 1.63. The zero-order chi connectivity index (χ0) is 14.1. The Balaban J connectivity index is 1.89. The Bertz CT molecular complexity index is 755. The quantitative estimate of drug-likeness (QED) is 0.736. The van der Waals surface area contributed by atoms with Crippen LogP contribution in [0.15, 0.2) is 34.2 Å². The minimum absolute atomic E-state index is 0.581. The van der Waals surface area contributed by atoms with Crippen molar-refractivity contribution in [3.63, 3.8) is 0 Å². The number of nitrogens with zero attached hydrogens (tertiary/aromatic N) is 2. The Kier molecular flexibility index (Phi) is 3.87. The fraction of sp³-hybridized carbons (Fsp3) is 0.154. The number of ether oxygens (including phenoxy) is 1. The number of benzene rings is 1. The number of hydrogen-bond donors (Lipinski definition) is 1. The molecule has 0 saturated carbocycles. The summed E-state index contributed by atoms with van der Waals surface area (Å²) >= 11 is 11.2. The van der Waals surface area contributed by atoms with Crippen LogP contribution in [0.25, 0.3) is 4.96 Å². The lowest BCUT2D eigenvalue weighted by atomic mass is 10.3. The van der Waals surface area contributed by atoms with Crippen LogP contribution in [0.4, 0.5) is 5.69 Å². The van der Waals surface area contributed by atoms with Crippen molar-refractivity contribution < 1.29 is 4.74 Å². The summed E-state index contributed by atoms with van der Waals surface area (Å²) in [5.74, 6) is 0.635. The normalized spacial score (nSPS) is 10.9. The monoisotopic (exact) mass is 371 g/mol. The molecule has 7 heteroatoms. The number of aromatic nitrogens is 2. The molecule has 0 fully saturated rings. The summed E-state index contributed by atoms with van der Waals surface area (Å²) < 4.78 is 8.32. The summed E-state index contributed by atoms with van der Waals surface area (Å²) in [6.07, 6.45) is 1.98. The first kappa shape index (κ1) is 13.7. The van der Waals surface area contributed by atoms with Gasteiger partial charge >= 0.3 is 0 Å². The van der Waals surface area contributed by atoms with Gasteiger partial charge in [0.25, 0.3) is 0 Å². The minimum Gasteiger partial charge on any atom is -0.480 e. The Morgan fingerprint density at radius 2 is 2.35 bits per heavy atom. The number of anilines is 1. The standard InChI is InChI=1S/C13H11BrClN3OS/c1-19-12-11(18-4-5-20-13(18)17-12)7-16-10-6-8(14)2-3-9(10)15/h2-6,16H,7H2,1H3. The summed E-state index contributed by atoms with van der Waals surface area (Å²) in [6, 6.07) is 5.70. The van der Waals surface area contributed by atoms with Crippen molar-refractivity contribution in [2.24, 2.45) is 0 Å². The topological polar surface area (TPSA) is 38.6 Å². The van der Waals surface area contributed by atoms with Crippen molar-refractivity contribution in [3.8, 4) is 5.88 Å². The van der Waals surface area contributed by atoms with Crippen LogP contribution >= 0.6 is 38.9 Å². The first-order valence-corrected chi connectivity index (χ1v) is 7.91. The van der Waals surface area contributed by atoms with E-state index in [0.29, 0.717) is 17.4 Å². The van der Waals surface area contributed by atoms with Gasteiger partial charge in [0.15, 0.2) is 4.96 Å². The smallest absolute Gasteiger partial charge is 0.238 e. The second kappa shape index (κ2) is 5.63. The van der Waals surface area contributed by atoms with Crippen LogP contribution in [0.3, 0.4) is 0 Å². The molecule has 0 bridgehead atoms. The highest BCUT2D eigenvalue weighted by Crippen LogP contribution is 2.28. The lowest BCUT2D eigenvalue weighted by Crippen LogP contribution is -2.04. The fourth-order valence-electron chi connectivity index (χ4n) is 1.95. The molecule has 0 aliphatic carbocycles. The van der Waals surface area contributed by atoms with E-state index in [1.54, 1.807) is 18.4 Å². The first-order valence-electron chi connectivity index (χ1n) is 5.86. The van der Waals surface area contributed by atoms with Gasteiger partial charge in [-0.15, -0.1) is 11.3 Å². The highest BCUT2D eigenvalue weighted by Gasteiger charge is 2.13. The number of nitrogens with one attached hydrogen (secondary N) is 1. The Morgan fingerprint density at radius 1 is 1.50 bits per heavy atom. The number of thiazole rings is 1. The van der Waals surface area contributed by atoms with Gasteiger partial charge in [0.2, 0.25) is 5.88 Å². The van der Waals surface area contributed by atoms with Crippen LogP contribution in [0, 0.1) is 0 Å². The summed E-state index contributed by atoms with van der Waals surface area (Å²) in [5.41, 5.74) is 1.84. The molecule has 2 aromatic heterocycles. The lowest BCUT2D eigenvalue weighted by Gasteiger charge is -2.09. The van der Waals surface area contributed by atoms with E-state index >= 15 is 0 Å². The van der Waals surface area contributed by atoms with E-state index in [2.05, 4.69) is 26.2 Å². The average molecular weight is 373 g/mol. The maximum atomic E-state index is 6.17. The number of methoxy groups -OCH3 is 1. The van der Waals surface area contributed by atoms with Crippen LogP contribution in [-0.2, 0) is 6.54 Å². The highest BCUT2D eigenvalue weighted by atomic mass is 79.9. The summed E-state index contributed by atoms with van der Waals surface area (Å²) in [4.78, 5) is 5.34. The molecule has 1 aromatic carbocycles. The van der Waals surface area contributed by atoms with Gasteiger partial charge in [-0.3, -0.25) is 4.40 Å². The van der Waals surface area contributed by atoms with Crippen LogP contribution < -0.4 is 10.1 Å². The maximum absolute atomic E-state index is 6.17. The Morgan fingerprint density at radius 3 is 3.15 bits per heavy atom. The number of hydrogen-bond acceptors (Lipinski definition) is 4. The lowest BCUT2D eigenvalue weighted by molar-refractivity contribution is 0.395. The van der Waals surface area contributed by atoms with Crippen LogP contribution in [0.2, 0.25) is 5.02 Å². The third kappa shape index (κ3) is 2.51. The number of fused-ring (bicyclic) bond motifs is 1. The van der Waals surface area contributed by atoms with Gasteiger partial charge in [-0.25, -0.2) is 0 Å². The molecule has 0 spiro atoms. The molecule has 0 amide bonds. The van der Waals surface area contributed by atoms with E-state index in [4.69, 9.17) is 16.3 Å². The van der Waals surface area contributed by atoms with E-state index in [1.807, 2.05) is 34.2 Å². The second-order valence-electron chi connectivity index (χ2n) is 4.10. The molecule has 0 unspecified atom stereocenters. The SMILES string of the molecule is COc1nc2sccn2c1CNc1cc(Br)ccc1Cl. The van der Waals surface area contributed by atoms with Crippen LogP contribution in [-0.4, -0.2) is 16.5 Å². The molecule has 104 valence electrons. The maximum Gasteiger partial charge on any atom is 0.238 e. The van der Waals surface area contributed by atoms with E-state index in [9.17, 15) is 0 Å². The van der Waals surface area contributed by atoms with E-state index in [0.717, 1.165) is 20.8 Å². The molecule has 0 radical (unpaired) electrons. The minimum atomic E-state index is 0.581. The predicted octanol–water partition coefficient (Wildman–Crippen LogP) is 4.43. The number of rotatable bonds is 4. The zero-order valence-corrected chi connectivity index (χ0v) is 13.7. The molecule has 1 N–H and O–H groups in total. The Labute approximate surface area is 133 Å². The highest BCUT2D eigenvalue weighted by molar-refractivity contribution is 9.10. The third-order valence-corrected chi connectivity index (χ3v) is 4.47. The van der Waals surface area contributed by atoms with Crippen LogP contribution in [0.1, 0.15) is 5.69 Å². The number of imidazole rings is 1. The molecule has 0 atom stereocenters. The van der Waals surface area contributed by atoms with Crippen molar-refractivity contribution in [2.75, 3.05) is 12.4 Å². The number of halogens is 2. The van der Waals surface area contributed by atoms with Crippen molar-refractivity contribution in [1.82, 2.24) is 9.38 Å². The largest absolute Gasteiger partial charge is 0.480 e. The molecule has 2 heterocycles. The van der Waals surface area contributed by atoms with Gasteiger partial charge in [-0.05, 0) is 18.2 Å². The molecular formula is C13H11BrClN3OS. The summed E-state index contributed by atoms with van der Waals surface area (Å²) in [5, 5.41) is 5.99. The van der Waals surface area contributed by atoms with Crippen LogP contribution in [0.5, 0.6) is 5.88 Å². The van der Waals surface area contributed by atoms with E-state index < -0.39 is 0 Å². The van der Waals surface area contributed by atoms with Crippen molar-refractivity contribution in [2.45, 2.75) is 6.54 Å². The van der Waals surface area contributed by atoms with Crippen molar-refractivity contribution in [3.05, 3.63) is 45.0 Å². The van der Waals surface area contributed by atoms with Crippen molar-refractivity contribution in [1.29, 1.82) is 0 Å². The molecule has 20 heavy (non-hydrogen) atoms. The molecule has 0 aliphatic heterocycles. The first-order chi connectivity index (χ1) is 9.69. The van der Waals surface area contributed by atoms with Gasteiger partial charge in [0.05, 0.1) is 24.4 Å². The molecule has 0 saturated heterocycles. The fourth-order valence-corrected chi connectivity index (χ4v) is 3.22. The summed E-state index contributed by atoms with van der Waals surface area (Å²) in [6.45, 7) is 0.581. The molecule has 4 nitrogen and oxygen atoms in total. The molecule has 3 aromatic rings. The van der Waals surface area contributed by atoms with Gasteiger partial charge in [-0.1, -0.05) is 27.5 Å². The second-order valence-corrected chi connectivity index (χ2v) is 6.30. The van der Waals surface area contributed by atoms with Crippen molar-refractivity contribution >= 4 is 49.5 Å². The Hall–Kier alpha value is -1.24. The molecular weight excluding hydrogens is 362 g/mol. The van der Waals surface area contributed by atoms with Gasteiger partial charge in [0, 0.05) is 16.0 Å². The van der Waals surface area contributed by atoms with E-state index in [1.165, 1.54) is 0 Å². The molecule has 3 rings (SSSR count). The van der Waals surface area contributed by atoms with Gasteiger partial charge in [0.1, 0.15) is 5.69 Å². The zero-order valence-electron chi connectivity index (χ0n) is 10.6. The average Bonchev–Trinajstić information content (AvgIpc) is 3.00.